The molecule has 0 atom stereocenters. The predicted molar refractivity (Wildman–Crippen MR) is 79.1 cm³/mol. The molecule has 5 heteroatoms. The largest absolute Gasteiger partial charge is 0.333 e. The molecule has 0 aliphatic carbocycles. The van der Waals surface area contributed by atoms with Gasteiger partial charge < -0.3 is 9.80 Å². The highest BCUT2D eigenvalue weighted by Gasteiger charge is 2.32. The third kappa shape index (κ3) is 3.12. The molecule has 0 radical (unpaired) electrons. The van der Waals surface area contributed by atoms with Crippen molar-refractivity contribution in [3.05, 3.63) is 34.9 Å². The van der Waals surface area contributed by atoms with Gasteiger partial charge in [-0.05, 0) is 26.3 Å². The van der Waals surface area contributed by atoms with Crippen molar-refractivity contribution in [2.45, 2.75) is 20.8 Å². The minimum absolute atomic E-state index is 0.0357. The number of likely N-dealkylation sites (N-methyl/N-ethyl adjacent to an activating group) is 1. The van der Waals surface area contributed by atoms with E-state index in [0.717, 1.165) is 11.1 Å². The molecule has 0 aromatic heterocycles. The third-order valence-corrected chi connectivity index (χ3v) is 3.80. The van der Waals surface area contributed by atoms with Gasteiger partial charge in [0.2, 0.25) is 0 Å². The van der Waals surface area contributed by atoms with E-state index in [-0.39, 0.29) is 12.3 Å². The molecule has 1 fully saturated rings. The van der Waals surface area contributed by atoms with E-state index in [1.807, 2.05) is 32.9 Å². The first-order valence-corrected chi connectivity index (χ1v) is 7.12. The van der Waals surface area contributed by atoms with Crippen molar-refractivity contribution in [1.82, 2.24) is 9.80 Å². The molecular formula is C16H20N2O3. The number of nitrogens with zero attached hydrogens (tertiary/aromatic N) is 2. The van der Waals surface area contributed by atoms with E-state index >= 15 is 0 Å². The molecular weight excluding hydrogens is 268 g/mol. The number of hydrogen-bond acceptors (Lipinski definition) is 3. The average molecular weight is 288 g/mol. The monoisotopic (exact) mass is 288 g/mol. The molecule has 1 aliphatic heterocycles. The van der Waals surface area contributed by atoms with Crippen LogP contribution < -0.4 is 0 Å². The topological polar surface area (TPSA) is 57.7 Å². The summed E-state index contributed by atoms with van der Waals surface area (Å²) in [5, 5.41) is 0. The lowest BCUT2D eigenvalue weighted by molar-refractivity contribution is -0.155. The Hall–Kier alpha value is -2.17. The second-order valence-corrected chi connectivity index (χ2v) is 5.35. The second-order valence-electron chi connectivity index (χ2n) is 5.35. The molecule has 1 saturated heterocycles. The molecule has 0 unspecified atom stereocenters. The summed E-state index contributed by atoms with van der Waals surface area (Å²) in [6, 6.07) is 5.60. The molecule has 0 N–H and O–H groups in total. The Balaban J connectivity index is 2.10. The number of benzene rings is 1. The number of Topliss-reactive ketones (excluding diaryl/α,β-unsaturated/α-hetero) is 1. The van der Waals surface area contributed by atoms with Crippen molar-refractivity contribution in [3.63, 3.8) is 0 Å². The highest BCUT2D eigenvalue weighted by atomic mass is 16.2. The SMILES string of the molecule is CCN1CCN(CC(=O)c2ccc(C)cc2C)C(=O)C1=O. The Morgan fingerprint density at radius 3 is 2.33 bits per heavy atom. The van der Waals surface area contributed by atoms with Gasteiger partial charge in [0.1, 0.15) is 0 Å². The molecule has 1 aliphatic rings. The Bertz CT molecular complexity index is 595. The standard InChI is InChI=1S/C16H20N2O3/c1-4-17-7-8-18(16(21)15(17)20)10-14(19)13-6-5-11(2)9-12(13)3/h5-6,9H,4,7-8,10H2,1-3H3. The molecule has 0 spiro atoms. The van der Waals surface area contributed by atoms with Gasteiger partial charge in [-0.1, -0.05) is 23.8 Å². The number of hydrogen-bond donors (Lipinski definition) is 0. The van der Waals surface area contributed by atoms with Crippen molar-refractivity contribution in [1.29, 1.82) is 0 Å². The number of aryl methyl sites for hydroxylation is 2. The fourth-order valence-electron chi connectivity index (χ4n) is 2.55. The third-order valence-electron chi connectivity index (χ3n) is 3.80. The van der Waals surface area contributed by atoms with Gasteiger partial charge in [0.15, 0.2) is 5.78 Å². The number of piperazine rings is 1. The summed E-state index contributed by atoms with van der Waals surface area (Å²) >= 11 is 0. The van der Waals surface area contributed by atoms with Crippen LogP contribution in [0, 0.1) is 13.8 Å². The van der Waals surface area contributed by atoms with Crippen molar-refractivity contribution >= 4 is 17.6 Å². The molecule has 5 nitrogen and oxygen atoms in total. The predicted octanol–water partition coefficient (Wildman–Crippen LogP) is 1.18. The van der Waals surface area contributed by atoms with Crippen molar-refractivity contribution in [2.24, 2.45) is 0 Å². The lowest BCUT2D eigenvalue weighted by Crippen LogP contribution is -2.55. The summed E-state index contributed by atoms with van der Waals surface area (Å²) in [7, 11) is 0. The Morgan fingerprint density at radius 1 is 1.10 bits per heavy atom. The zero-order valence-corrected chi connectivity index (χ0v) is 12.7. The van der Waals surface area contributed by atoms with Crippen molar-refractivity contribution in [2.75, 3.05) is 26.2 Å². The Kier molecular flexibility index (Phi) is 4.40. The molecule has 2 rings (SSSR count). The lowest BCUT2D eigenvalue weighted by atomic mass is 10.0. The maximum Gasteiger partial charge on any atom is 0.312 e. The number of carbonyl (C=O) groups is 3. The van der Waals surface area contributed by atoms with Crippen LogP contribution in [-0.4, -0.2) is 53.6 Å². The van der Waals surface area contributed by atoms with Crippen LogP contribution in [0.15, 0.2) is 18.2 Å². The van der Waals surface area contributed by atoms with Gasteiger partial charge in [-0.3, -0.25) is 14.4 Å². The number of carbonyl (C=O) groups excluding carboxylic acids is 3. The number of amides is 2. The van der Waals surface area contributed by atoms with Gasteiger partial charge in [0.05, 0.1) is 6.54 Å². The zero-order valence-electron chi connectivity index (χ0n) is 12.7. The first-order valence-electron chi connectivity index (χ1n) is 7.12. The summed E-state index contributed by atoms with van der Waals surface area (Å²) in [6.45, 7) is 7.06. The second kappa shape index (κ2) is 6.08. The number of rotatable bonds is 4. The van der Waals surface area contributed by atoms with Gasteiger partial charge in [0.25, 0.3) is 0 Å². The van der Waals surface area contributed by atoms with E-state index in [0.29, 0.717) is 25.2 Å². The van der Waals surface area contributed by atoms with E-state index in [2.05, 4.69) is 0 Å². The van der Waals surface area contributed by atoms with Crippen LogP contribution in [0.25, 0.3) is 0 Å². The summed E-state index contributed by atoms with van der Waals surface area (Å²) in [5.74, 6) is -1.23. The van der Waals surface area contributed by atoms with Crippen LogP contribution >= 0.6 is 0 Å². The van der Waals surface area contributed by atoms with Gasteiger partial charge >= 0.3 is 11.8 Å². The van der Waals surface area contributed by atoms with Crippen LogP contribution in [0.5, 0.6) is 0 Å². The van der Waals surface area contributed by atoms with E-state index in [1.165, 1.54) is 9.80 Å². The molecule has 2 amide bonds. The first kappa shape index (κ1) is 15.2. The van der Waals surface area contributed by atoms with Crippen molar-refractivity contribution < 1.29 is 14.4 Å². The fraction of sp³-hybridized carbons (Fsp3) is 0.438. The van der Waals surface area contributed by atoms with Gasteiger partial charge in [0, 0.05) is 25.2 Å². The van der Waals surface area contributed by atoms with Crippen LogP contribution in [-0.2, 0) is 9.59 Å². The highest BCUT2D eigenvalue weighted by Crippen LogP contribution is 2.13. The molecule has 0 bridgehead atoms. The first-order chi connectivity index (χ1) is 9.93. The summed E-state index contributed by atoms with van der Waals surface area (Å²) in [6.07, 6.45) is 0. The van der Waals surface area contributed by atoms with Gasteiger partial charge in [-0.2, -0.15) is 0 Å². The summed E-state index contributed by atoms with van der Waals surface area (Å²) < 4.78 is 0. The minimum Gasteiger partial charge on any atom is -0.333 e. The minimum atomic E-state index is -0.582. The van der Waals surface area contributed by atoms with Crippen LogP contribution in [0.3, 0.4) is 0 Å². The number of ketones is 1. The molecule has 21 heavy (non-hydrogen) atoms. The summed E-state index contributed by atoms with van der Waals surface area (Å²) in [4.78, 5) is 39.0. The van der Waals surface area contributed by atoms with Gasteiger partial charge in [-0.15, -0.1) is 0 Å². The Morgan fingerprint density at radius 2 is 1.71 bits per heavy atom. The average Bonchev–Trinajstić information content (AvgIpc) is 2.44. The molecule has 1 heterocycles. The molecule has 112 valence electrons. The van der Waals surface area contributed by atoms with Gasteiger partial charge in [-0.25, -0.2) is 0 Å². The maximum absolute atomic E-state index is 12.3. The van der Waals surface area contributed by atoms with Crippen LogP contribution in [0.1, 0.15) is 28.4 Å². The normalized spacial score (nSPS) is 15.6. The highest BCUT2D eigenvalue weighted by molar-refractivity contribution is 6.35. The maximum atomic E-state index is 12.3. The zero-order chi connectivity index (χ0) is 15.6. The smallest absolute Gasteiger partial charge is 0.312 e. The van der Waals surface area contributed by atoms with Crippen molar-refractivity contribution in [3.8, 4) is 0 Å². The van der Waals surface area contributed by atoms with Crippen LogP contribution in [0.4, 0.5) is 0 Å². The lowest BCUT2D eigenvalue weighted by Gasteiger charge is -2.32. The fourth-order valence-corrected chi connectivity index (χ4v) is 2.55. The molecule has 1 aromatic rings. The van der Waals surface area contributed by atoms with Crippen LogP contribution in [0.2, 0.25) is 0 Å². The van der Waals surface area contributed by atoms with E-state index in [4.69, 9.17) is 0 Å². The molecule has 0 saturated carbocycles. The van der Waals surface area contributed by atoms with E-state index in [1.54, 1.807) is 6.07 Å². The Labute approximate surface area is 124 Å². The summed E-state index contributed by atoms with van der Waals surface area (Å²) in [5.41, 5.74) is 2.59. The quantitative estimate of drug-likeness (QED) is 0.617. The van der Waals surface area contributed by atoms with E-state index in [9.17, 15) is 14.4 Å². The van der Waals surface area contributed by atoms with E-state index < -0.39 is 11.8 Å². The molecule has 1 aromatic carbocycles.